The average Bonchev–Trinajstić information content (AvgIpc) is 3.09. The van der Waals surface area contributed by atoms with E-state index in [1.807, 2.05) is 25.1 Å². The van der Waals surface area contributed by atoms with Crippen LogP contribution in [0.15, 0.2) is 22.7 Å². The number of benzene rings is 1. The first-order valence-corrected chi connectivity index (χ1v) is 6.34. The highest BCUT2D eigenvalue weighted by Crippen LogP contribution is 2.31. The Kier molecular flexibility index (Phi) is 3.21. The molecule has 5 nitrogen and oxygen atoms in total. The molecule has 0 N–H and O–H groups in total. The van der Waals surface area contributed by atoms with Crippen LogP contribution in [-0.4, -0.2) is 30.5 Å². The average molecular weight is 260 g/mol. The third-order valence-corrected chi connectivity index (χ3v) is 3.32. The third kappa shape index (κ3) is 2.33. The van der Waals surface area contributed by atoms with E-state index in [2.05, 4.69) is 10.1 Å². The number of hydrogen-bond donors (Lipinski definition) is 0. The first-order valence-electron chi connectivity index (χ1n) is 6.34. The number of rotatable bonds is 3. The molecule has 0 amide bonds. The normalized spacial score (nSPS) is 18.7. The van der Waals surface area contributed by atoms with Crippen LogP contribution in [0.4, 0.5) is 0 Å². The predicted octanol–water partition coefficient (Wildman–Crippen LogP) is 2.56. The van der Waals surface area contributed by atoms with Crippen LogP contribution in [-0.2, 0) is 4.74 Å². The molecule has 0 unspecified atom stereocenters. The monoisotopic (exact) mass is 260 g/mol. The summed E-state index contributed by atoms with van der Waals surface area (Å²) in [6, 6.07) is 5.90. The zero-order valence-electron chi connectivity index (χ0n) is 11.0. The van der Waals surface area contributed by atoms with Gasteiger partial charge in [-0.3, -0.25) is 0 Å². The fourth-order valence-corrected chi connectivity index (χ4v) is 2.22. The van der Waals surface area contributed by atoms with Crippen LogP contribution in [0.3, 0.4) is 0 Å². The minimum Gasteiger partial charge on any atom is -0.496 e. The van der Waals surface area contributed by atoms with Gasteiger partial charge in [-0.25, -0.2) is 0 Å². The van der Waals surface area contributed by atoms with Crippen molar-refractivity contribution in [3.8, 4) is 17.2 Å². The van der Waals surface area contributed by atoms with Crippen LogP contribution in [0, 0.1) is 6.92 Å². The summed E-state index contributed by atoms with van der Waals surface area (Å²) in [7, 11) is 1.64. The van der Waals surface area contributed by atoms with Gasteiger partial charge in [-0.05, 0) is 31.0 Å². The number of ether oxygens (including phenoxy) is 2. The van der Waals surface area contributed by atoms with Crippen molar-refractivity contribution < 1.29 is 14.0 Å². The molecule has 0 spiro atoms. The number of aromatic nitrogens is 2. The van der Waals surface area contributed by atoms with Gasteiger partial charge in [0.1, 0.15) is 5.75 Å². The standard InChI is InChI=1S/C14H16N2O3/c1-9-3-4-11(12(7-9)17-2)14-15-13(16-19-14)10-5-6-18-8-10/h3-4,7,10H,5-6,8H2,1-2H3/t10-/m1/s1. The van der Waals surface area contributed by atoms with Crippen LogP contribution >= 0.6 is 0 Å². The molecule has 2 heterocycles. The largest absolute Gasteiger partial charge is 0.496 e. The number of methoxy groups -OCH3 is 1. The highest BCUT2D eigenvalue weighted by molar-refractivity contribution is 5.63. The summed E-state index contributed by atoms with van der Waals surface area (Å²) >= 11 is 0. The van der Waals surface area contributed by atoms with E-state index in [1.165, 1.54) is 0 Å². The molecule has 1 aromatic carbocycles. The lowest BCUT2D eigenvalue weighted by atomic mass is 10.1. The number of hydrogen-bond acceptors (Lipinski definition) is 5. The molecule has 1 fully saturated rings. The summed E-state index contributed by atoms with van der Waals surface area (Å²) in [4.78, 5) is 4.46. The molecule has 0 bridgehead atoms. The summed E-state index contributed by atoms with van der Waals surface area (Å²) in [5.74, 6) is 2.21. The van der Waals surface area contributed by atoms with Gasteiger partial charge in [0.2, 0.25) is 0 Å². The van der Waals surface area contributed by atoms with Gasteiger partial charge in [-0.1, -0.05) is 11.2 Å². The first kappa shape index (κ1) is 12.2. The van der Waals surface area contributed by atoms with E-state index in [1.54, 1.807) is 7.11 Å². The Bertz CT molecular complexity index is 574. The molecule has 3 rings (SSSR count). The molecule has 100 valence electrons. The van der Waals surface area contributed by atoms with Crippen LogP contribution in [0.2, 0.25) is 0 Å². The summed E-state index contributed by atoms with van der Waals surface area (Å²) in [6.07, 6.45) is 0.948. The van der Waals surface area contributed by atoms with Crippen LogP contribution in [0.25, 0.3) is 11.5 Å². The Balaban J connectivity index is 1.93. The molecule has 1 aromatic heterocycles. The molecular formula is C14H16N2O3. The van der Waals surface area contributed by atoms with E-state index in [0.717, 1.165) is 35.7 Å². The van der Waals surface area contributed by atoms with Crippen molar-refractivity contribution in [2.45, 2.75) is 19.3 Å². The molecule has 5 heteroatoms. The molecule has 1 saturated heterocycles. The molecule has 1 aliphatic rings. The Labute approximate surface area is 111 Å². The minimum atomic E-state index is 0.244. The van der Waals surface area contributed by atoms with Crippen molar-refractivity contribution in [2.24, 2.45) is 0 Å². The zero-order chi connectivity index (χ0) is 13.2. The first-order chi connectivity index (χ1) is 9.28. The van der Waals surface area contributed by atoms with E-state index in [0.29, 0.717) is 12.5 Å². The molecule has 0 saturated carbocycles. The highest BCUT2D eigenvalue weighted by Gasteiger charge is 2.24. The van der Waals surface area contributed by atoms with Gasteiger partial charge in [0.05, 0.1) is 19.3 Å². The molecule has 1 aliphatic heterocycles. The lowest BCUT2D eigenvalue weighted by molar-refractivity contribution is 0.192. The van der Waals surface area contributed by atoms with E-state index in [-0.39, 0.29) is 5.92 Å². The second kappa shape index (κ2) is 5.01. The maximum absolute atomic E-state index is 5.36. The van der Waals surface area contributed by atoms with Gasteiger partial charge in [0, 0.05) is 12.5 Å². The summed E-state index contributed by atoms with van der Waals surface area (Å²) in [5, 5.41) is 4.05. The molecular weight excluding hydrogens is 244 g/mol. The molecule has 2 aromatic rings. The number of nitrogens with zero attached hydrogens (tertiary/aromatic N) is 2. The lowest BCUT2D eigenvalue weighted by Gasteiger charge is -2.05. The number of aryl methyl sites for hydroxylation is 1. The predicted molar refractivity (Wildman–Crippen MR) is 69.2 cm³/mol. The summed E-state index contributed by atoms with van der Waals surface area (Å²) < 4.78 is 16.1. The highest BCUT2D eigenvalue weighted by atomic mass is 16.5. The Morgan fingerprint density at radius 3 is 3.00 bits per heavy atom. The smallest absolute Gasteiger partial charge is 0.261 e. The van der Waals surface area contributed by atoms with Crippen LogP contribution < -0.4 is 4.74 Å². The van der Waals surface area contributed by atoms with E-state index in [9.17, 15) is 0 Å². The maximum Gasteiger partial charge on any atom is 0.261 e. The van der Waals surface area contributed by atoms with Gasteiger partial charge < -0.3 is 14.0 Å². The summed E-state index contributed by atoms with van der Waals surface area (Å²) in [6.45, 7) is 3.45. The molecule has 0 aliphatic carbocycles. The maximum atomic E-state index is 5.36. The third-order valence-electron chi connectivity index (χ3n) is 3.32. The van der Waals surface area contributed by atoms with Crippen molar-refractivity contribution in [2.75, 3.05) is 20.3 Å². The van der Waals surface area contributed by atoms with Gasteiger partial charge in [-0.15, -0.1) is 0 Å². The SMILES string of the molecule is COc1cc(C)ccc1-c1nc([C@@H]2CCOC2)no1. The second-order valence-electron chi connectivity index (χ2n) is 4.72. The summed E-state index contributed by atoms with van der Waals surface area (Å²) in [5.41, 5.74) is 1.95. The lowest BCUT2D eigenvalue weighted by Crippen LogP contribution is -1.99. The minimum absolute atomic E-state index is 0.244. The zero-order valence-corrected chi connectivity index (χ0v) is 11.0. The van der Waals surface area contributed by atoms with E-state index in [4.69, 9.17) is 14.0 Å². The van der Waals surface area contributed by atoms with Crippen molar-refractivity contribution in [1.29, 1.82) is 0 Å². The van der Waals surface area contributed by atoms with Gasteiger partial charge in [-0.2, -0.15) is 4.98 Å². The fourth-order valence-electron chi connectivity index (χ4n) is 2.22. The van der Waals surface area contributed by atoms with E-state index >= 15 is 0 Å². The van der Waals surface area contributed by atoms with Crippen molar-refractivity contribution in [3.05, 3.63) is 29.6 Å². The fraction of sp³-hybridized carbons (Fsp3) is 0.429. The second-order valence-corrected chi connectivity index (χ2v) is 4.72. The Morgan fingerprint density at radius 2 is 2.26 bits per heavy atom. The van der Waals surface area contributed by atoms with E-state index < -0.39 is 0 Å². The van der Waals surface area contributed by atoms with Gasteiger partial charge in [0.25, 0.3) is 5.89 Å². The molecule has 19 heavy (non-hydrogen) atoms. The van der Waals surface area contributed by atoms with Gasteiger partial charge >= 0.3 is 0 Å². The Morgan fingerprint density at radius 1 is 1.37 bits per heavy atom. The van der Waals surface area contributed by atoms with Crippen molar-refractivity contribution >= 4 is 0 Å². The topological polar surface area (TPSA) is 57.4 Å². The van der Waals surface area contributed by atoms with Crippen LogP contribution in [0.1, 0.15) is 23.7 Å². The molecule has 1 atom stereocenters. The quantitative estimate of drug-likeness (QED) is 0.848. The van der Waals surface area contributed by atoms with Crippen molar-refractivity contribution in [1.82, 2.24) is 10.1 Å². The van der Waals surface area contributed by atoms with Gasteiger partial charge in [0.15, 0.2) is 5.82 Å². The molecule has 0 radical (unpaired) electrons. The van der Waals surface area contributed by atoms with Crippen LogP contribution in [0.5, 0.6) is 5.75 Å². The Hall–Kier alpha value is -1.88. The van der Waals surface area contributed by atoms with Crippen molar-refractivity contribution in [3.63, 3.8) is 0 Å².